The number of aliphatic imine (C=N–C) groups is 1. The first-order chi connectivity index (χ1) is 16.4. The van der Waals surface area contributed by atoms with E-state index in [1.54, 1.807) is 29.2 Å². The van der Waals surface area contributed by atoms with Crippen molar-refractivity contribution in [1.82, 2.24) is 0 Å². The zero-order chi connectivity index (χ0) is 23.9. The summed E-state index contributed by atoms with van der Waals surface area (Å²) in [7, 11) is 0. The lowest BCUT2D eigenvalue weighted by atomic mass is 9.94. The van der Waals surface area contributed by atoms with Gasteiger partial charge in [0.05, 0.1) is 18.9 Å². The zero-order valence-electron chi connectivity index (χ0n) is 18.8. The summed E-state index contributed by atoms with van der Waals surface area (Å²) >= 11 is 6.08. The van der Waals surface area contributed by atoms with Gasteiger partial charge in [-0.3, -0.25) is 4.90 Å². The summed E-state index contributed by atoms with van der Waals surface area (Å²) in [4.78, 5) is 34.4. The maximum absolute atomic E-state index is 13.8. The molecule has 2 fully saturated rings. The van der Waals surface area contributed by atoms with Crippen LogP contribution in [0.15, 0.2) is 77.8 Å². The maximum Gasteiger partial charge on any atom is 0.347 e. The fourth-order valence-electron chi connectivity index (χ4n) is 4.15. The molecule has 0 atom stereocenters. The third kappa shape index (κ3) is 3.83. The Kier molecular flexibility index (Phi) is 5.59. The van der Waals surface area contributed by atoms with Crippen molar-refractivity contribution in [1.29, 1.82) is 0 Å². The Morgan fingerprint density at radius 2 is 1.47 bits per heavy atom. The summed E-state index contributed by atoms with van der Waals surface area (Å²) in [5, 5.41) is 3.36. The van der Waals surface area contributed by atoms with Crippen LogP contribution in [0.5, 0.6) is 0 Å². The molecule has 0 radical (unpaired) electrons. The van der Waals surface area contributed by atoms with Crippen molar-refractivity contribution in [3.05, 3.63) is 88.9 Å². The lowest BCUT2D eigenvalue weighted by Gasteiger charge is -2.43. The number of amides is 4. The highest BCUT2D eigenvalue weighted by Gasteiger charge is 2.61. The smallest absolute Gasteiger partial charge is 0.347 e. The minimum absolute atomic E-state index is 0.223. The van der Waals surface area contributed by atoms with Gasteiger partial charge >= 0.3 is 12.1 Å². The van der Waals surface area contributed by atoms with Gasteiger partial charge in [-0.25, -0.2) is 14.5 Å². The topological polar surface area (TPSA) is 74.2 Å². The summed E-state index contributed by atoms with van der Waals surface area (Å²) < 4.78 is 5.57. The molecule has 3 aromatic carbocycles. The molecule has 1 spiro atoms. The van der Waals surface area contributed by atoms with Gasteiger partial charge in [-0.15, -0.1) is 0 Å². The van der Waals surface area contributed by atoms with Crippen LogP contribution >= 0.6 is 11.6 Å². The van der Waals surface area contributed by atoms with E-state index in [0.717, 1.165) is 11.1 Å². The van der Waals surface area contributed by atoms with Crippen LogP contribution in [-0.4, -0.2) is 36.7 Å². The molecule has 2 heterocycles. The molecule has 1 N–H and O–H groups in total. The fourth-order valence-corrected chi connectivity index (χ4v) is 4.27. The molecule has 7 nitrogen and oxygen atoms in total. The molecule has 5 rings (SSSR count). The van der Waals surface area contributed by atoms with E-state index >= 15 is 0 Å². The second-order valence-electron chi connectivity index (χ2n) is 8.52. The number of urea groups is 2. The van der Waals surface area contributed by atoms with Crippen molar-refractivity contribution in [3.63, 3.8) is 0 Å². The van der Waals surface area contributed by atoms with E-state index in [0.29, 0.717) is 27.9 Å². The lowest BCUT2D eigenvalue weighted by molar-refractivity contribution is -0.0152. The Morgan fingerprint density at radius 1 is 0.912 bits per heavy atom. The van der Waals surface area contributed by atoms with Crippen molar-refractivity contribution in [2.45, 2.75) is 19.4 Å². The first-order valence-electron chi connectivity index (χ1n) is 10.9. The average Bonchev–Trinajstić information content (AvgIpc) is 3.05. The minimum atomic E-state index is -0.902. The van der Waals surface area contributed by atoms with Gasteiger partial charge in [-0.05, 0) is 62.4 Å². The van der Waals surface area contributed by atoms with E-state index in [1.165, 1.54) is 4.90 Å². The van der Waals surface area contributed by atoms with Crippen molar-refractivity contribution in [2.75, 3.05) is 28.3 Å². The van der Waals surface area contributed by atoms with Crippen molar-refractivity contribution < 1.29 is 14.3 Å². The minimum Gasteiger partial charge on any atom is -0.375 e. The van der Waals surface area contributed by atoms with Gasteiger partial charge in [0, 0.05) is 16.4 Å². The Balaban J connectivity index is 1.59. The molecule has 4 amide bonds. The molecule has 34 heavy (non-hydrogen) atoms. The Labute approximate surface area is 202 Å². The predicted molar refractivity (Wildman–Crippen MR) is 134 cm³/mol. The molecule has 0 bridgehead atoms. The van der Waals surface area contributed by atoms with Crippen LogP contribution in [0.3, 0.4) is 0 Å². The van der Waals surface area contributed by atoms with Crippen LogP contribution < -0.4 is 15.1 Å². The predicted octanol–water partition coefficient (Wildman–Crippen LogP) is 5.80. The third-order valence-corrected chi connectivity index (χ3v) is 6.26. The summed E-state index contributed by atoms with van der Waals surface area (Å²) in [5.74, 6) is 0.326. The number of ether oxygens (including phenoxy) is 1. The fraction of sp³-hybridized carbons (Fsp3) is 0.192. The quantitative estimate of drug-likeness (QED) is 0.521. The van der Waals surface area contributed by atoms with Gasteiger partial charge in [0.15, 0.2) is 11.4 Å². The molecular weight excluding hydrogens is 452 g/mol. The molecule has 2 aliphatic rings. The van der Waals surface area contributed by atoms with E-state index in [1.807, 2.05) is 62.4 Å². The highest BCUT2D eigenvalue weighted by molar-refractivity contribution is 6.34. The second-order valence-corrected chi connectivity index (χ2v) is 8.96. The number of aryl methyl sites for hydroxylation is 2. The molecule has 8 heteroatoms. The summed E-state index contributed by atoms with van der Waals surface area (Å²) in [6.07, 6.45) is 0. The second kappa shape index (κ2) is 8.59. The largest absolute Gasteiger partial charge is 0.375 e. The highest BCUT2D eigenvalue weighted by atomic mass is 35.5. The van der Waals surface area contributed by atoms with Crippen LogP contribution in [0.25, 0.3) is 0 Å². The number of nitrogens with zero attached hydrogens (tertiary/aromatic N) is 3. The molecular formula is C26H23ClN4O3. The molecule has 3 aromatic rings. The number of carbonyl (C=O) groups excluding carboxylic acids is 2. The molecule has 0 aliphatic carbocycles. The van der Waals surface area contributed by atoms with Crippen LogP contribution in [0.1, 0.15) is 11.1 Å². The van der Waals surface area contributed by atoms with Crippen molar-refractivity contribution in [2.24, 2.45) is 4.99 Å². The number of amidine groups is 1. The van der Waals surface area contributed by atoms with Gasteiger partial charge in [0.25, 0.3) is 0 Å². The van der Waals surface area contributed by atoms with Crippen LogP contribution in [0, 0.1) is 13.8 Å². The normalized spacial score (nSPS) is 17.9. The SMILES string of the molecule is Cc1ccc(NC(=O)/N=C2\N(c3ccc(C)cc3)C(=O)N(c3ccc(Cl)cc3)C23COC3)cc1. The van der Waals surface area contributed by atoms with Gasteiger partial charge in [0.1, 0.15) is 0 Å². The molecule has 0 aromatic heterocycles. The molecule has 2 aliphatic heterocycles. The van der Waals surface area contributed by atoms with E-state index in [-0.39, 0.29) is 19.2 Å². The lowest BCUT2D eigenvalue weighted by Crippen LogP contribution is -2.64. The molecule has 172 valence electrons. The van der Waals surface area contributed by atoms with Gasteiger partial charge in [-0.2, -0.15) is 4.99 Å². The van der Waals surface area contributed by atoms with Crippen LogP contribution in [0.2, 0.25) is 5.02 Å². The molecule has 2 saturated heterocycles. The molecule has 0 unspecified atom stereocenters. The maximum atomic E-state index is 13.8. The number of hydrogen-bond donors (Lipinski definition) is 1. The highest BCUT2D eigenvalue weighted by Crippen LogP contribution is 2.41. The summed E-state index contributed by atoms with van der Waals surface area (Å²) in [5.41, 5.74) is 3.14. The average molecular weight is 475 g/mol. The third-order valence-electron chi connectivity index (χ3n) is 6.01. The Bertz CT molecular complexity index is 1270. The summed E-state index contributed by atoms with van der Waals surface area (Å²) in [6.45, 7) is 4.39. The number of nitrogens with one attached hydrogen (secondary N) is 1. The van der Waals surface area contributed by atoms with Gasteiger partial charge in [0.2, 0.25) is 0 Å². The number of halogens is 1. The Morgan fingerprint density at radius 3 is 2.03 bits per heavy atom. The van der Waals surface area contributed by atoms with E-state index in [4.69, 9.17) is 16.3 Å². The molecule has 0 saturated carbocycles. The standard InChI is InChI=1S/C26H23ClN4O3/c1-17-3-9-20(10-4-17)28-24(32)29-23-26(15-34-16-26)31(22-13-7-19(27)8-14-22)25(33)30(23)21-11-5-18(2)6-12-21/h3-14H,15-16H2,1-2H3,(H,28,32)/b29-23-. The van der Waals surface area contributed by atoms with Crippen molar-refractivity contribution >= 4 is 46.6 Å². The number of rotatable bonds is 3. The number of benzene rings is 3. The first-order valence-corrected chi connectivity index (χ1v) is 11.3. The van der Waals surface area contributed by atoms with Crippen LogP contribution in [-0.2, 0) is 4.74 Å². The van der Waals surface area contributed by atoms with Gasteiger partial charge < -0.3 is 10.1 Å². The van der Waals surface area contributed by atoms with E-state index < -0.39 is 11.6 Å². The van der Waals surface area contributed by atoms with E-state index in [9.17, 15) is 9.59 Å². The first kappa shape index (κ1) is 22.1. The number of carbonyl (C=O) groups is 2. The monoisotopic (exact) mass is 474 g/mol. The van der Waals surface area contributed by atoms with Crippen molar-refractivity contribution in [3.8, 4) is 0 Å². The Hall–Kier alpha value is -3.68. The van der Waals surface area contributed by atoms with E-state index in [2.05, 4.69) is 10.3 Å². The van der Waals surface area contributed by atoms with Crippen LogP contribution in [0.4, 0.5) is 26.7 Å². The van der Waals surface area contributed by atoms with Gasteiger partial charge in [-0.1, -0.05) is 47.0 Å². The summed E-state index contributed by atoms with van der Waals surface area (Å²) in [6, 6.07) is 21.1. The zero-order valence-corrected chi connectivity index (χ0v) is 19.5. The number of hydrogen-bond acceptors (Lipinski definition) is 3. The number of anilines is 3.